The van der Waals surface area contributed by atoms with E-state index in [4.69, 9.17) is 9.11 Å². The summed E-state index contributed by atoms with van der Waals surface area (Å²) in [4.78, 5) is 0. The largest absolute Gasteiger partial charge is 0.285 e. The molecule has 0 saturated heterocycles. The van der Waals surface area contributed by atoms with E-state index in [2.05, 4.69) is 0 Å². The first-order valence-electron chi connectivity index (χ1n) is 6.37. The minimum Gasteiger partial charge on any atom is -0.285 e. The van der Waals surface area contributed by atoms with Crippen molar-refractivity contribution in [2.24, 2.45) is 11.8 Å². The molecular formula is C11H24O6S2. The van der Waals surface area contributed by atoms with Gasteiger partial charge in [0.25, 0.3) is 20.2 Å². The van der Waals surface area contributed by atoms with Crippen LogP contribution < -0.4 is 0 Å². The van der Waals surface area contributed by atoms with Gasteiger partial charge in [0, 0.05) is 0 Å². The lowest BCUT2D eigenvalue weighted by Crippen LogP contribution is -2.33. The number of hydrogen-bond donors (Lipinski definition) is 2. The normalized spacial score (nSPS) is 19.7. The summed E-state index contributed by atoms with van der Waals surface area (Å²) in [6.07, 6.45) is 0.821. The molecule has 2 N–H and O–H groups in total. The molecular weight excluding hydrogens is 292 g/mol. The predicted molar refractivity (Wildman–Crippen MR) is 74.2 cm³/mol. The third-order valence-electron chi connectivity index (χ3n) is 3.58. The Hall–Kier alpha value is -0.180. The van der Waals surface area contributed by atoms with Gasteiger partial charge < -0.3 is 0 Å². The summed E-state index contributed by atoms with van der Waals surface area (Å²) >= 11 is 0. The molecule has 0 amide bonds. The van der Waals surface area contributed by atoms with E-state index < -0.39 is 30.7 Å². The van der Waals surface area contributed by atoms with Gasteiger partial charge in [-0.1, -0.05) is 27.7 Å². The molecule has 0 aliphatic carbocycles. The zero-order valence-corrected chi connectivity index (χ0v) is 13.4. The lowest BCUT2D eigenvalue weighted by Gasteiger charge is -2.26. The van der Waals surface area contributed by atoms with Crippen molar-refractivity contribution in [2.45, 2.75) is 57.5 Å². The van der Waals surface area contributed by atoms with Crippen molar-refractivity contribution < 1.29 is 25.9 Å². The molecule has 0 heterocycles. The average molecular weight is 316 g/mol. The molecule has 0 saturated carbocycles. The topological polar surface area (TPSA) is 109 Å². The molecule has 8 heteroatoms. The van der Waals surface area contributed by atoms with Gasteiger partial charge in [-0.2, -0.15) is 16.8 Å². The van der Waals surface area contributed by atoms with Crippen molar-refractivity contribution in [2.75, 3.05) is 0 Å². The maximum Gasteiger partial charge on any atom is 0.268 e. The Labute approximate surface area is 116 Å². The molecule has 0 bridgehead atoms. The highest BCUT2D eigenvalue weighted by molar-refractivity contribution is 7.86. The highest BCUT2D eigenvalue weighted by Crippen LogP contribution is 2.27. The first-order valence-corrected chi connectivity index (χ1v) is 9.38. The van der Waals surface area contributed by atoms with Crippen LogP contribution in [0.3, 0.4) is 0 Å². The standard InChI is InChI=1S/C11H24O6S2/c1-5-10(18(12,13)14)8(3)7-9(4)11(6-2)19(15,16)17/h8-11H,5-7H2,1-4H3,(H,12,13,14)(H,15,16,17). The Kier molecular flexibility index (Phi) is 6.94. The van der Waals surface area contributed by atoms with Crippen LogP contribution in [0.1, 0.15) is 47.0 Å². The Bertz CT molecular complexity index is 423. The quantitative estimate of drug-likeness (QED) is 0.663. The highest BCUT2D eigenvalue weighted by atomic mass is 32.2. The molecule has 19 heavy (non-hydrogen) atoms. The van der Waals surface area contributed by atoms with Crippen LogP contribution in [0.25, 0.3) is 0 Å². The monoisotopic (exact) mass is 316 g/mol. The Morgan fingerprint density at radius 2 is 1.05 bits per heavy atom. The summed E-state index contributed by atoms with van der Waals surface area (Å²) in [5, 5.41) is -1.82. The van der Waals surface area contributed by atoms with Crippen LogP contribution in [0.2, 0.25) is 0 Å². The van der Waals surface area contributed by atoms with E-state index in [-0.39, 0.29) is 24.7 Å². The molecule has 0 aromatic rings. The van der Waals surface area contributed by atoms with Crippen LogP contribution in [0.4, 0.5) is 0 Å². The molecule has 0 aliphatic heterocycles. The van der Waals surface area contributed by atoms with E-state index in [0.717, 1.165) is 0 Å². The molecule has 0 aromatic carbocycles. The van der Waals surface area contributed by atoms with E-state index >= 15 is 0 Å². The van der Waals surface area contributed by atoms with Gasteiger partial charge in [-0.25, -0.2) is 0 Å². The van der Waals surface area contributed by atoms with Gasteiger partial charge in [-0.05, 0) is 31.1 Å². The second-order valence-corrected chi connectivity index (χ2v) is 8.38. The SMILES string of the molecule is CCC(C(C)CC(C)C(CC)S(=O)(=O)O)S(=O)(=O)O. The molecule has 0 spiro atoms. The van der Waals surface area contributed by atoms with Gasteiger partial charge >= 0.3 is 0 Å². The van der Waals surface area contributed by atoms with Gasteiger partial charge in [-0.15, -0.1) is 0 Å². The Balaban J connectivity index is 4.94. The summed E-state index contributed by atoms with van der Waals surface area (Å²) in [6, 6.07) is 0. The third kappa shape index (κ3) is 5.76. The van der Waals surface area contributed by atoms with Crippen LogP contribution in [0.5, 0.6) is 0 Å². The molecule has 6 nitrogen and oxygen atoms in total. The van der Waals surface area contributed by atoms with E-state index in [0.29, 0.717) is 6.42 Å². The van der Waals surface area contributed by atoms with Crippen LogP contribution >= 0.6 is 0 Å². The maximum atomic E-state index is 11.2. The van der Waals surface area contributed by atoms with Crippen molar-refractivity contribution in [3.8, 4) is 0 Å². The summed E-state index contributed by atoms with van der Waals surface area (Å²) in [5.41, 5.74) is 0. The van der Waals surface area contributed by atoms with Crippen LogP contribution in [0.15, 0.2) is 0 Å². The fourth-order valence-electron chi connectivity index (χ4n) is 2.70. The summed E-state index contributed by atoms with van der Waals surface area (Å²) < 4.78 is 63.1. The lowest BCUT2D eigenvalue weighted by atomic mass is 9.90. The minimum absolute atomic E-state index is 0.259. The maximum absolute atomic E-state index is 11.2. The van der Waals surface area contributed by atoms with Crippen molar-refractivity contribution in [3.63, 3.8) is 0 Å². The number of rotatable bonds is 8. The van der Waals surface area contributed by atoms with Gasteiger partial charge in [0.05, 0.1) is 10.5 Å². The van der Waals surface area contributed by atoms with Gasteiger partial charge in [0.1, 0.15) is 0 Å². The van der Waals surface area contributed by atoms with Crippen LogP contribution in [-0.2, 0) is 20.2 Å². The molecule has 0 aliphatic rings. The smallest absolute Gasteiger partial charge is 0.268 e. The van der Waals surface area contributed by atoms with E-state index in [1.807, 2.05) is 0 Å². The van der Waals surface area contributed by atoms with Crippen molar-refractivity contribution in [1.82, 2.24) is 0 Å². The van der Waals surface area contributed by atoms with Crippen LogP contribution in [0, 0.1) is 11.8 Å². The van der Waals surface area contributed by atoms with Crippen LogP contribution in [-0.4, -0.2) is 36.4 Å². The van der Waals surface area contributed by atoms with Gasteiger partial charge in [0.2, 0.25) is 0 Å². The van der Waals surface area contributed by atoms with Crippen molar-refractivity contribution in [1.29, 1.82) is 0 Å². The van der Waals surface area contributed by atoms with Crippen molar-refractivity contribution in [3.05, 3.63) is 0 Å². The first-order chi connectivity index (χ1) is 8.45. The average Bonchev–Trinajstić information content (AvgIpc) is 2.13. The second kappa shape index (κ2) is 7.01. The second-order valence-electron chi connectivity index (χ2n) is 5.11. The molecule has 4 atom stereocenters. The third-order valence-corrected chi connectivity index (χ3v) is 6.71. The van der Waals surface area contributed by atoms with E-state index in [1.54, 1.807) is 27.7 Å². The summed E-state index contributed by atoms with van der Waals surface area (Å²) in [6.45, 7) is 6.63. The fraction of sp³-hybridized carbons (Fsp3) is 1.00. The zero-order valence-electron chi connectivity index (χ0n) is 11.8. The van der Waals surface area contributed by atoms with Gasteiger partial charge in [-0.3, -0.25) is 9.11 Å². The molecule has 0 fully saturated rings. The fourth-order valence-corrected chi connectivity index (χ4v) is 4.94. The van der Waals surface area contributed by atoms with E-state index in [1.165, 1.54) is 0 Å². The molecule has 0 rings (SSSR count). The molecule has 0 radical (unpaired) electrons. The zero-order chi connectivity index (χ0) is 15.4. The number of hydrogen-bond acceptors (Lipinski definition) is 4. The summed E-state index contributed by atoms with van der Waals surface area (Å²) in [7, 11) is -8.28. The first kappa shape index (κ1) is 18.8. The molecule has 116 valence electrons. The van der Waals surface area contributed by atoms with Gasteiger partial charge in [0.15, 0.2) is 0 Å². The van der Waals surface area contributed by atoms with E-state index in [9.17, 15) is 16.8 Å². The molecule has 4 unspecified atom stereocenters. The lowest BCUT2D eigenvalue weighted by molar-refractivity contribution is 0.344. The minimum atomic E-state index is -4.14. The Morgan fingerprint density at radius 3 is 1.21 bits per heavy atom. The molecule has 0 aromatic heterocycles. The highest BCUT2D eigenvalue weighted by Gasteiger charge is 2.33. The Morgan fingerprint density at radius 1 is 0.789 bits per heavy atom. The van der Waals surface area contributed by atoms with Crippen molar-refractivity contribution >= 4 is 20.2 Å². The summed E-state index contributed by atoms with van der Waals surface area (Å²) in [5.74, 6) is -0.767. The predicted octanol–water partition coefficient (Wildman–Crippen LogP) is 1.98.